The topological polar surface area (TPSA) is 22.2 Å². The number of nitrogens with zero attached hydrogens (tertiary/aromatic N) is 3. The Morgan fingerprint density at radius 3 is 1.63 bits per heavy atom. The molecule has 7 rings (SSSR count). The number of hydrogen-bond acceptors (Lipinski definition) is 1. The molecule has 7 aromatic rings. The molecule has 0 amide bonds. The van der Waals surface area contributed by atoms with Crippen LogP contribution in [0, 0.1) is 5.92 Å². The molecule has 0 N–H and O–H groups in total. The van der Waals surface area contributed by atoms with E-state index in [0.717, 1.165) is 33.5 Å². The standard InChI is InChI=1S/C32H22N3/c1-3-11-23(12-4-1)31(24-13-5-2-6-14-24)25-19-21-26(22-20-25)34-29-17-9-10-18-30(29)35-28-16-8-7-15-27(28)33-32(34)35/h1-22H. The van der Waals surface area contributed by atoms with Gasteiger partial charge in [-0.05, 0) is 53.1 Å². The van der Waals surface area contributed by atoms with Gasteiger partial charge in [0.05, 0.1) is 28.0 Å². The van der Waals surface area contributed by atoms with Gasteiger partial charge in [-0.1, -0.05) is 97.1 Å². The number of imidazole rings is 2. The zero-order chi connectivity index (χ0) is 23.2. The second kappa shape index (κ2) is 8.00. The summed E-state index contributed by atoms with van der Waals surface area (Å²) in [5.74, 6) is 2.15. The summed E-state index contributed by atoms with van der Waals surface area (Å²) in [5.41, 5.74) is 9.12. The predicted octanol–water partition coefficient (Wildman–Crippen LogP) is 7.45. The highest BCUT2D eigenvalue weighted by Crippen LogP contribution is 2.33. The van der Waals surface area contributed by atoms with Crippen LogP contribution in [0.15, 0.2) is 133 Å². The smallest absolute Gasteiger partial charge is 0.220 e. The first kappa shape index (κ1) is 19.8. The average Bonchev–Trinajstić information content (AvgIpc) is 3.45. The maximum Gasteiger partial charge on any atom is 0.220 e. The van der Waals surface area contributed by atoms with Gasteiger partial charge in [0.1, 0.15) is 0 Å². The van der Waals surface area contributed by atoms with E-state index in [1.165, 1.54) is 22.6 Å². The van der Waals surface area contributed by atoms with Crippen molar-refractivity contribution in [3.8, 4) is 5.69 Å². The molecule has 2 heterocycles. The van der Waals surface area contributed by atoms with E-state index in [-0.39, 0.29) is 0 Å². The fourth-order valence-electron chi connectivity index (χ4n) is 5.09. The maximum absolute atomic E-state index is 5.00. The van der Waals surface area contributed by atoms with Gasteiger partial charge in [0.15, 0.2) is 0 Å². The van der Waals surface area contributed by atoms with Crippen molar-refractivity contribution in [1.29, 1.82) is 0 Å². The molecule has 0 aliphatic heterocycles. The van der Waals surface area contributed by atoms with Crippen molar-refractivity contribution < 1.29 is 0 Å². The van der Waals surface area contributed by atoms with E-state index in [1.807, 2.05) is 6.07 Å². The molecule has 5 aromatic carbocycles. The summed E-state index contributed by atoms with van der Waals surface area (Å²) in [4.78, 5) is 5.00. The van der Waals surface area contributed by atoms with Crippen LogP contribution in [0.25, 0.3) is 33.5 Å². The Kier molecular flexibility index (Phi) is 4.52. The van der Waals surface area contributed by atoms with E-state index in [0.29, 0.717) is 0 Å². The lowest BCUT2D eigenvalue weighted by atomic mass is 9.85. The van der Waals surface area contributed by atoms with Crippen LogP contribution in [0.2, 0.25) is 0 Å². The normalized spacial score (nSPS) is 11.7. The van der Waals surface area contributed by atoms with Crippen LogP contribution in [0.1, 0.15) is 16.7 Å². The van der Waals surface area contributed by atoms with Crippen LogP contribution in [-0.2, 0) is 0 Å². The summed E-state index contributed by atoms with van der Waals surface area (Å²) in [6, 6.07) is 46.9. The van der Waals surface area contributed by atoms with Gasteiger partial charge >= 0.3 is 0 Å². The monoisotopic (exact) mass is 448 g/mol. The van der Waals surface area contributed by atoms with E-state index in [4.69, 9.17) is 4.98 Å². The number of benzene rings is 5. The summed E-state index contributed by atoms with van der Waals surface area (Å²) in [7, 11) is 0. The predicted molar refractivity (Wildman–Crippen MR) is 143 cm³/mol. The highest BCUT2D eigenvalue weighted by Gasteiger charge is 2.19. The molecule has 0 fully saturated rings. The minimum atomic E-state index is 0.926. The molecule has 0 bridgehead atoms. The first-order valence-electron chi connectivity index (χ1n) is 11.8. The molecule has 0 saturated heterocycles. The largest absolute Gasteiger partial charge is 0.278 e. The molecule has 2 aromatic heterocycles. The van der Waals surface area contributed by atoms with Gasteiger partial charge in [-0.15, -0.1) is 0 Å². The number of rotatable bonds is 4. The third-order valence-electron chi connectivity index (χ3n) is 6.65. The summed E-state index contributed by atoms with van der Waals surface area (Å²) in [5, 5.41) is 0. The molecule has 0 saturated carbocycles. The third kappa shape index (κ3) is 3.17. The zero-order valence-corrected chi connectivity index (χ0v) is 19.0. The molecular formula is C32H22N3. The van der Waals surface area contributed by atoms with Crippen molar-refractivity contribution in [3.63, 3.8) is 0 Å². The lowest BCUT2D eigenvalue weighted by molar-refractivity contribution is 1.10. The molecule has 0 aliphatic carbocycles. The molecule has 165 valence electrons. The van der Waals surface area contributed by atoms with Crippen molar-refractivity contribution in [3.05, 3.63) is 156 Å². The lowest BCUT2D eigenvalue weighted by Crippen LogP contribution is -2.05. The van der Waals surface area contributed by atoms with Crippen molar-refractivity contribution in [2.45, 2.75) is 0 Å². The van der Waals surface area contributed by atoms with Crippen molar-refractivity contribution in [2.75, 3.05) is 0 Å². The fraction of sp³-hybridized carbons (Fsp3) is 0. The molecule has 3 nitrogen and oxygen atoms in total. The summed E-state index contributed by atoms with van der Waals surface area (Å²) in [6.45, 7) is 0. The molecule has 0 unspecified atom stereocenters. The third-order valence-corrected chi connectivity index (χ3v) is 6.65. The zero-order valence-electron chi connectivity index (χ0n) is 19.0. The highest BCUT2D eigenvalue weighted by molar-refractivity contribution is 5.92. The maximum atomic E-state index is 5.00. The average molecular weight is 449 g/mol. The SMILES string of the molecule is c1ccc([C](c2ccccc2)c2ccc(-n3c4ccccc4n4c5ccccc5nc34)cc2)cc1. The lowest BCUT2D eigenvalue weighted by Gasteiger charge is -2.18. The molecule has 1 radical (unpaired) electrons. The summed E-state index contributed by atoms with van der Waals surface area (Å²) < 4.78 is 4.51. The molecule has 0 atom stereocenters. The van der Waals surface area contributed by atoms with Crippen LogP contribution in [-0.4, -0.2) is 14.0 Å². The van der Waals surface area contributed by atoms with E-state index in [2.05, 4.69) is 136 Å². The van der Waals surface area contributed by atoms with Crippen molar-refractivity contribution in [2.24, 2.45) is 0 Å². The Balaban J connectivity index is 1.41. The summed E-state index contributed by atoms with van der Waals surface area (Å²) >= 11 is 0. The van der Waals surface area contributed by atoms with E-state index < -0.39 is 0 Å². The fourth-order valence-corrected chi connectivity index (χ4v) is 5.09. The number of fused-ring (bicyclic) bond motifs is 5. The van der Waals surface area contributed by atoms with Gasteiger partial charge in [0, 0.05) is 5.69 Å². The van der Waals surface area contributed by atoms with Gasteiger partial charge in [0.2, 0.25) is 5.78 Å². The molecule has 0 aliphatic rings. The van der Waals surface area contributed by atoms with Crippen LogP contribution in [0.4, 0.5) is 0 Å². The van der Waals surface area contributed by atoms with Gasteiger partial charge in [-0.2, -0.15) is 0 Å². The minimum absolute atomic E-state index is 0.926. The van der Waals surface area contributed by atoms with E-state index in [9.17, 15) is 0 Å². The van der Waals surface area contributed by atoms with Gasteiger partial charge in [-0.25, -0.2) is 4.98 Å². The first-order chi connectivity index (χ1) is 17.4. The van der Waals surface area contributed by atoms with Crippen LogP contribution >= 0.6 is 0 Å². The molecular weight excluding hydrogens is 426 g/mol. The van der Waals surface area contributed by atoms with Crippen LogP contribution in [0.5, 0.6) is 0 Å². The van der Waals surface area contributed by atoms with Gasteiger partial charge in [0.25, 0.3) is 0 Å². The van der Waals surface area contributed by atoms with E-state index in [1.54, 1.807) is 0 Å². The van der Waals surface area contributed by atoms with Crippen LogP contribution in [0.3, 0.4) is 0 Å². The minimum Gasteiger partial charge on any atom is -0.278 e. The van der Waals surface area contributed by atoms with Gasteiger partial charge < -0.3 is 0 Å². The molecule has 0 spiro atoms. The highest BCUT2D eigenvalue weighted by atomic mass is 15.2. The second-order valence-corrected chi connectivity index (χ2v) is 8.71. The Bertz CT molecular complexity index is 1740. The Morgan fingerprint density at radius 1 is 0.457 bits per heavy atom. The van der Waals surface area contributed by atoms with Crippen molar-refractivity contribution >= 4 is 27.8 Å². The number of hydrogen-bond donors (Lipinski definition) is 0. The number of aromatic nitrogens is 3. The summed E-state index contributed by atoms with van der Waals surface area (Å²) in [6.07, 6.45) is 0. The van der Waals surface area contributed by atoms with Gasteiger partial charge in [-0.3, -0.25) is 8.97 Å². The molecule has 3 heteroatoms. The number of para-hydroxylation sites is 4. The van der Waals surface area contributed by atoms with E-state index >= 15 is 0 Å². The Morgan fingerprint density at radius 2 is 0.971 bits per heavy atom. The Labute approximate surface area is 203 Å². The molecule has 35 heavy (non-hydrogen) atoms. The second-order valence-electron chi connectivity index (χ2n) is 8.71. The first-order valence-corrected chi connectivity index (χ1v) is 11.8. The quantitative estimate of drug-likeness (QED) is 0.256. The van der Waals surface area contributed by atoms with Crippen molar-refractivity contribution in [1.82, 2.24) is 14.0 Å². The Hall–Kier alpha value is -4.63. The van der Waals surface area contributed by atoms with Crippen LogP contribution < -0.4 is 0 Å².